The fourth-order valence-electron chi connectivity index (χ4n) is 3.49. The summed E-state index contributed by atoms with van der Waals surface area (Å²) in [5, 5.41) is 14.2. The predicted octanol–water partition coefficient (Wildman–Crippen LogP) is 3.01. The molecule has 0 aromatic rings. The Morgan fingerprint density at radius 2 is 2.05 bits per heavy atom. The third-order valence-electron chi connectivity index (χ3n) is 4.79. The van der Waals surface area contributed by atoms with Crippen LogP contribution in [0.25, 0.3) is 0 Å². The molecule has 2 rings (SSSR count). The van der Waals surface area contributed by atoms with Gasteiger partial charge in [-0.05, 0) is 70.8 Å². The second-order valence-electron chi connectivity index (χ2n) is 6.48. The van der Waals surface area contributed by atoms with E-state index in [0.717, 1.165) is 58.1 Å². The van der Waals surface area contributed by atoms with Crippen molar-refractivity contribution < 1.29 is 9.84 Å². The molecule has 0 aromatic carbocycles. The average Bonchev–Trinajstić information content (AvgIpc) is 2.91. The molecule has 2 fully saturated rings. The van der Waals surface area contributed by atoms with Gasteiger partial charge in [-0.3, -0.25) is 0 Å². The number of hydrogen-bond acceptors (Lipinski definition) is 3. The maximum atomic E-state index is 10.6. The first-order valence-electron chi connectivity index (χ1n) is 8.29. The van der Waals surface area contributed by atoms with Gasteiger partial charge in [0.1, 0.15) is 0 Å². The Bertz CT molecular complexity index is 243. The van der Waals surface area contributed by atoms with Gasteiger partial charge in [0.15, 0.2) is 0 Å². The molecule has 3 heteroatoms. The van der Waals surface area contributed by atoms with E-state index in [1.165, 1.54) is 19.3 Å². The molecular formula is C16H31NO2. The maximum Gasteiger partial charge on any atom is 0.0649 e. The highest BCUT2D eigenvalue weighted by Gasteiger charge is 2.32. The normalized spacial score (nSPS) is 35.7. The summed E-state index contributed by atoms with van der Waals surface area (Å²) < 4.78 is 5.64. The molecule has 0 bridgehead atoms. The van der Waals surface area contributed by atoms with Crippen LogP contribution in [0.4, 0.5) is 0 Å². The van der Waals surface area contributed by atoms with Crippen molar-refractivity contribution in [3.8, 4) is 0 Å². The van der Waals surface area contributed by atoms with Gasteiger partial charge < -0.3 is 15.2 Å². The standard InChI is InChI=1S/C16H31NO2/c1-2-12-17-14-7-10-16(18,11-8-14)9-3-5-15-6-4-13-19-15/h14-15,17-18H,2-13H2,1H3. The third kappa shape index (κ3) is 5.05. The number of hydrogen-bond donors (Lipinski definition) is 2. The zero-order valence-corrected chi connectivity index (χ0v) is 12.5. The Labute approximate surface area is 118 Å². The highest BCUT2D eigenvalue weighted by molar-refractivity contribution is 4.88. The van der Waals surface area contributed by atoms with Crippen LogP contribution in [0, 0.1) is 0 Å². The lowest BCUT2D eigenvalue weighted by atomic mass is 9.79. The molecule has 1 saturated carbocycles. The monoisotopic (exact) mass is 269 g/mol. The van der Waals surface area contributed by atoms with Crippen LogP contribution < -0.4 is 5.32 Å². The van der Waals surface area contributed by atoms with Crippen molar-refractivity contribution in [2.75, 3.05) is 13.2 Å². The topological polar surface area (TPSA) is 41.5 Å². The highest BCUT2D eigenvalue weighted by Crippen LogP contribution is 2.33. The molecule has 2 N–H and O–H groups in total. The zero-order valence-electron chi connectivity index (χ0n) is 12.5. The Balaban J connectivity index is 1.60. The Hall–Kier alpha value is -0.120. The molecule has 1 aliphatic heterocycles. The molecule has 0 radical (unpaired) electrons. The Morgan fingerprint density at radius 3 is 2.68 bits per heavy atom. The van der Waals surface area contributed by atoms with Crippen molar-refractivity contribution in [3.63, 3.8) is 0 Å². The molecule has 19 heavy (non-hydrogen) atoms. The van der Waals surface area contributed by atoms with Gasteiger partial charge >= 0.3 is 0 Å². The second kappa shape index (κ2) is 7.61. The molecule has 0 amide bonds. The smallest absolute Gasteiger partial charge is 0.0649 e. The van der Waals surface area contributed by atoms with Crippen LogP contribution in [0.15, 0.2) is 0 Å². The molecule has 1 aliphatic carbocycles. The summed E-state index contributed by atoms with van der Waals surface area (Å²) >= 11 is 0. The van der Waals surface area contributed by atoms with Gasteiger partial charge in [0.25, 0.3) is 0 Å². The van der Waals surface area contributed by atoms with Gasteiger partial charge in [0.05, 0.1) is 11.7 Å². The van der Waals surface area contributed by atoms with Gasteiger partial charge in [-0.2, -0.15) is 0 Å². The molecule has 1 atom stereocenters. The fourth-order valence-corrected chi connectivity index (χ4v) is 3.49. The van der Waals surface area contributed by atoms with Crippen LogP contribution in [0.2, 0.25) is 0 Å². The summed E-state index contributed by atoms with van der Waals surface area (Å²) in [5.41, 5.74) is -0.386. The SMILES string of the molecule is CCCNC1CCC(O)(CCCC2CCCO2)CC1. The van der Waals surface area contributed by atoms with Crippen LogP contribution in [0.3, 0.4) is 0 Å². The Kier molecular flexibility index (Phi) is 6.11. The van der Waals surface area contributed by atoms with Crippen LogP contribution in [0.5, 0.6) is 0 Å². The quantitative estimate of drug-likeness (QED) is 0.746. The molecule has 0 aromatic heterocycles. The van der Waals surface area contributed by atoms with E-state index in [4.69, 9.17) is 4.74 Å². The summed E-state index contributed by atoms with van der Waals surface area (Å²) in [7, 11) is 0. The summed E-state index contributed by atoms with van der Waals surface area (Å²) in [6.07, 6.45) is 11.6. The number of aliphatic hydroxyl groups is 1. The first-order valence-corrected chi connectivity index (χ1v) is 8.29. The first-order chi connectivity index (χ1) is 9.22. The summed E-state index contributed by atoms with van der Waals surface area (Å²) in [6.45, 7) is 4.26. The van der Waals surface area contributed by atoms with E-state index in [-0.39, 0.29) is 5.60 Å². The van der Waals surface area contributed by atoms with E-state index < -0.39 is 0 Å². The zero-order chi connectivity index (χ0) is 13.6. The fraction of sp³-hybridized carbons (Fsp3) is 1.00. The minimum Gasteiger partial charge on any atom is -0.390 e. The average molecular weight is 269 g/mol. The maximum absolute atomic E-state index is 10.6. The van der Waals surface area contributed by atoms with Crippen LogP contribution in [-0.2, 0) is 4.74 Å². The van der Waals surface area contributed by atoms with Crippen molar-refractivity contribution in [1.82, 2.24) is 5.32 Å². The summed E-state index contributed by atoms with van der Waals surface area (Å²) in [5.74, 6) is 0. The van der Waals surface area contributed by atoms with E-state index in [9.17, 15) is 5.11 Å². The van der Waals surface area contributed by atoms with E-state index >= 15 is 0 Å². The van der Waals surface area contributed by atoms with Gasteiger partial charge in [-0.15, -0.1) is 0 Å². The van der Waals surface area contributed by atoms with Crippen molar-refractivity contribution in [2.24, 2.45) is 0 Å². The van der Waals surface area contributed by atoms with Crippen molar-refractivity contribution >= 4 is 0 Å². The van der Waals surface area contributed by atoms with E-state index in [2.05, 4.69) is 12.2 Å². The van der Waals surface area contributed by atoms with Crippen LogP contribution >= 0.6 is 0 Å². The molecule has 3 nitrogen and oxygen atoms in total. The van der Waals surface area contributed by atoms with E-state index in [0.29, 0.717) is 12.1 Å². The molecule has 2 aliphatic rings. The van der Waals surface area contributed by atoms with Gasteiger partial charge in [0.2, 0.25) is 0 Å². The molecular weight excluding hydrogens is 238 g/mol. The van der Waals surface area contributed by atoms with E-state index in [1.807, 2.05) is 0 Å². The third-order valence-corrected chi connectivity index (χ3v) is 4.79. The van der Waals surface area contributed by atoms with Gasteiger partial charge in [-0.25, -0.2) is 0 Å². The lowest BCUT2D eigenvalue weighted by molar-refractivity contribution is -0.0159. The Morgan fingerprint density at radius 1 is 1.26 bits per heavy atom. The number of rotatable bonds is 7. The lowest BCUT2D eigenvalue weighted by Gasteiger charge is -2.36. The minimum absolute atomic E-state index is 0.386. The first kappa shape index (κ1) is 15.3. The van der Waals surface area contributed by atoms with Gasteiger partial charge in [-0.1, -0.05) is 6.92 Å². The summed E-state index contributed by atoms with van der Waals surface area (Å²) in [4.78, 5) is 0. The highest BCUT2D eigenvalue weighted by atomic mass is 16.5. The van der Waals surface area contributed by atoms with Crippen molar-refractivity contribution in [2.45, 2.75) is 88.9 Å². The second-order valence-corrected chi connectivity index (χ2v) is 6.48. The predicted molar refractivity (Wildman–Crippen MR) is 78.3 cm³/mol. The van der Waals surface area contributed by atoms with Gasteiger partial charge in [0, 0.05) is 12.6 Å². The van der Waals surface area contributed by atoms with E-state index in [1.54, 1.807) is 0 Å². The largest absolute Gasteiger partial charge is 0.390 e. The minimum atomic E-state index is -0.386. The summed E-state index contributed by atoms with van der Waals surface area (Å²) in [6, 6.07) is 0.637. The molecule has 1 saturated heterocycles. The number of nitrogens with one attached hydrogen (secondary N) is 1. The molecule has 1 heterocycles. The van der Waals surface area contributed by atoms with Crippen molar-refractivity contribution in [3.05, 3.63) is 0 Å². The molecule has 0 spiro atoms. The molecule has 112 valence electrons. The number of ether oxygens (including phenoxy) is 1. The van der Waals surface area contributed by atoms with Crippen LogP contribution in [-0.4, -0.2) is 36.0 Å². The molecule has 1 unspecified atom stereocenters. The van der Waals surface area contributed by atoms with Crippen molar-refractivity contribution in [1.29, 1.82) is 0 Å². The lowest BCUT2D eigenvalue weighted by Crippen LogP contribution is -2.41. The van der Waals surface area contributed by atoms with Crippen LogP contribution in [0.1, 0.15) is 71.1 Å².